The Morgan fingerprint density at radius 1 is 1.25 bits per heavy atom. The molecule has 0 aromatic heterocycles. The van der Waals surface area contributed by atoms with Gasteiger partial charge in [0.1, 0.15) is 5.75 Å². The number of nitro groups is 1. The van der Waals surface area contributed by atoms with Crippen LogP contribution in [0.5, 0.6) is 5.75 Å². The second-order valence-corrected chi connectivity index (χ2v) is 6.20. The molecule has 126 valence electrons. The molecule has 0 heterocycles. The standard InChI is InChI=1S/C17H18N2O4S/c1-2-3-10-18-17(21)12-8-9-15(13(11-12)19(22)23)24-16-7-5-4-6-14(16)20/h4-9,11,20H,2-3,10H2,1H3,(H,18,21). The van der Waals surface area contributed by atoms with Crippen molar-refractivity contribution in [2.45, 2.75) is 29.6 Å². The monoisotopic (exact) mass is 346 g/mol. The Balaban J connectivity index is 2.25. The SMILES string of the molecule is CCCCNC(=O)c1ccc(Sc2ccccc2O)c([N+](=O)[O-])c1. The van der Waals surface area contributed by atoms with E-state index in [1.165, 1.54) is 18.2 Å². The zero-order valence-corrected chi connectivity index (χ0v) is 14.0. The van der Waals surface area contributed by atoms with E-state index in [-0.39, 0.29) is 22.9 Å². The number of rotatable bonds is 7. The van der Waals surface area contributed by atoms with Crippen LogP contribution in [0.1, 0.15) is 30.1 Å². The number of carbonyl (C=O) groups is 1. The van der Waals surface area contributed by atoms with Crippen LogP contribution in [0.4, 0.5) is 5.69 Å². The molecule has 0 radical (unpaired) electrons. The molecule has 0 bridgehead atoms. The van der Waals surface area contributed by atoms with E-state index in [9.17, 15) is 20.0 Å². The Morgan fingerprint density at radius 2 is 2.00 bits per heavy atom. The van der Waals surface area contributed by atoms with E-state index in [4.69, 9.17) is 0 Å². The Hall–Kier alpha value is -2.54. The van der Waals surface area contributed by atoms with Crippen molar-refractivity contribution in [2.24, 2.45) is 0 Å². The van der Waals surface area contributed by atoms with Gasteiger partial charge in [0.2, 0.25) is 0 Å². The smallest absolute Gasteiger partial charge is 0.284 e. The van der Waals surface area contributed by atoms with Gasteiger partial charge in [-0.25, -0.2) is 0 Å². The molecule has 0 aliphatic rings. The molecule has 7 heteroatoms. The zero-order chi connectivity index (χ0) is 17.5. The van der Waals surface area contributed by atoms with Crippen LogP contribution in [0.3, 0.4) is 0 Å². The summed E-state index contributed by atoms with van der Waals surface area (Å²) in [5.74, 6) is -0.274. The average Bonchev–Trinajstić information content (AvgIpc) is 2.57. The molecule has 1 amide bonds. The zero-order valence-electron chi connectivity index (χ0n) is 13.2. The molecule has 0 saturated carbocycles. The molecule has 0 aliphatic heterocycles. The highest BCUT2D eigenvalue weighted by Crippen LogP contribution is 2.39. The first-order valence-electron chi connectivity index (χ1n) is 7.55. The van der Waals surface area contributed by atoms with Crippen LogP contribution in [0.15, 0.2) is 52.3 Å². The Kier molecular flexibility index (Phi) is 6.20. The van der Waals surface area contributed by atoms with Crippen molar-refractivity contribution in [3.05, 3.63) is 58.1 Å². The maximum atomic E-state index is 12.0. The first kappa shape index (κ1) is 17.8. The summed E-state index contributed by atoms with van der Waals surface area (Å²) in [6.45, 7) is 2.56. The molecule has 2 aromatic carbocycles. The molecule has 0 unspecified atom stereocenters. The van der Waals surface area contributed by atoms with Crippen molar-refractivity contribution in [1.29, 1.82) is 0 Å². The normalized spacial score (nSPS) is 10.4. The number of nitrogens with one attached hydrogen (secondary N) is 1. The number of amides is 1. The van der Waals surface area contributed by atoms with Crippen LogP contribution in [0.2, 0.25) is 0 Å². The number of nitrogens with zero attached hydrogens (tertiary/aromatic N) is 1. The van der Waals surface area contributed by atoms with Crippen molar-refractivity contribution in [1.82, 2.24) is 5.32 Å². The van der Waals surface area contributed by atoms with Gasteiger partial charge in [-0.05, 0) is 30.7 Å². The van der Waals surface area contributed by atoms with Gasteiger partial charge < -0.3 is 10.4 Å². The molecule has 0 spiro atoms. The molecule has 0 saturated heterocycles. The van der Waals surface area contributed by atoms with Crippen LogP contribution >= 0.6 is 11.8 Å². The maximum absolute atomic E-state index is 12.0. The first-order valence-corrected chi connectivity index (χ1v) is 8.37. The lowest BCUT2D eigenvalue weighted by Gasteiger charge is -2.08. The van der Waals surface area contributed by atoms with Crippen LogP contribution in [-0.2, 0) is 0 Å². The first-order chi connectivity index (χ1) is 11.5. The van der Waals surface area contributed by atoms with E-state index in [2.05, 4.69) is 5.32 Å². The van der Waals surface area contributed by atoms with Crippen molar-refractivity contribution < 1.29 is 14.8 Å². The fourth-order valence-electron chi connectivity index (χ4n) is 2.03. The number of benzene rings is 2. The minimum absolute atomic E-state index is 0.0539. The largest absolute Gasteiger partial charge is 0.507 e. The number of hydrogen-bond acceptors (Lipinski definition) is 5. The number of phenols is 1. The van der Waals surface area contributed by atoms with Gasteiger partial charge in [-0.1, -0.05) is 37.2 Å². The molecular weight excluding hydrogens is 328 g/mol. The second-order valence-electron chi connectivity index (χ2n) is 5.12. The topological polar surface area (TPSA) is 92.5 Å². The second kappa shape index (κ2) is 8.35. The fraction of sp³-hybridized carbons (Fsp3) is 0.235. The molecule has 2 N–H and O–H groups in total. The fourth-order valence-corrected chi connectivity index (χ4v) is 2.96. The summed E-state index contributed by atoms with van der Waals surface area (Å²) in [7, 11) is 0. The summed E-state index contributed by atoms with van der Waals surface area (Å²) in [4.78, 5) is 23.7. The summed E-state index contributed by atoms with van der Waals surface area (Å²) < 4.78 is 0. The predicted molar refractivity (Wildman–Crippen MR) is 92.6 cm³/mol. The number of nitro benzene ring substituents is 1. The van der Waals surface area contributed by atoms with Crippen LogP contribution in [0.25, 0.3) is 0 Å². The molecule has 2 aromatic rings. The van der Waals surface area contributed by atoms with E-state index >= 15 is 0 Å². The Morgan fingerprint density at radius 3 is 2.67 bits per heavy atom. The quantitative estimate of drug-likeness (QED) is 0.449. The Labute approximate surface area is 144 Å². The highest BCUT2D eigenvalue weighted by molar-refractivity contribution is 7.99. The van der Waals surface area contributed by atoms with Crippen molar-refractivity contribution >= 4 is 23.4 Å². The van der Waals surface area contributed by atoms with E-state index in [0.29, 0.717) is 16.3 Å². The summed E-state index contributed by atoms with van der Waals surface area (Å²) in [6, 6.07) is 11.0. The number of carbonyl (C=O) groups excluding carboxylic acids is 1. The molecule has 0 fully saturated rings. The molecular formula is C17H18N2O4S. The van der Waals surface area contributed by atoms with Gasteiger partial charge in [0.15, 0.2) is 0 Å². The summed E-state index contributed by atoms with van der Waals surface area (Å²) in [5, 5.41) is 23.9. The summed E-state index contributed by atoms with van der Waals surface area (Å²) in [5.41, 5.74) is 0.0887. The van der Waals surface area contributed by atoms with Gasteiger partial charge >= 0.3 is 0 Å². The van der Waals surface area contributed by atoms with Gasteiger partial charge in [0.05, 0.1) is 14.7 Å². The van der Waals surface area contributed by atoms with Crippen LogP contribution in [-0.4, -0.2) is 22.5 Å². The van der Waals surface area contributed by atoms with Gasteiger partial charge in [0, 0.05) is 18.2 Å². The lowest BCUT2D eigenvalue weighted by atomic mass is 10.2. The number of unbranched alkanes of at least 4 members (excludes halogenated alkanes) is 1. The Bertz CT molecular complexity index is 749. The molecule has 6 nitrogen and oxygen atoms in total. The van der Waals surface area contributed by atoms with Gasteiger partial charge in [0.25, 0.3) is 11.6 Å². The highest BCUT2D eigenvalue weighted by Gasteiger charge is 2.19. The highest BCUT2D eigenvalue weighted by atomic mass is 32.2. The minimum Gasteiger partial charge on any atom is -0.507 e. The molecule has 24 heavy (non-hydrogen) atoms. The molecule has 0 aliphatic carbocycles. The minimum atomic E-state index is -0.523. The lowest BCUT2D eigenvalue weighted by molar-refractivity contribution is -0.387. The lowest BCUT2D eigenvalue weighted by Crippen LogP contribution is -2.24. The third-order valence-electron chi connectivity index (χ3n) is 3.32. The van der Waals surface area contributed by atoms with E-state index in [0.717, 1.165) is 24.6 Å². The van der Waals surface area contributed by atoms with Crippen molar-refractivity contribution in [3.63, 3.8) is 0 Å². The number of hydrogen-bond donors (Lipinski definition) is 2. The van der Waals surface area contributed by atoms with Crippen molar-refractivity contribution in [3.8, 4) is 5.75 Å². The summed E-state index contributed by atoms with van der Waals surface area (Å²) in [6.07, 6.45) is 1.81. The molecule has 2 rings (SSSR count). The number of aromatic hydroxyl groups is 1. The maximum Gasteiger partial charge on any atom is 0.284 e. The summed E-state index contributed by atoms with van der Waals surface area (Å²) >= 11 is 1.09. The predicted octanol–water partition coefficient (Wildman–Crippen LogP) is 3.98. The molecule has 0 atom stereocenters. The number of para-hydroxylation sites is 1. The van der Waals surface area contributed by atoms with Crippen LogP contribution in [0, 0.1) is 10.1 Å². The van der Waals surface area contributed by atoms with Gasteiger partial charge in [-0.2, -0.15) is 0 Å². The van der Waals surface area contributed by atoms with Gasteiger partial charge in [-0.15, -0.1) is 0 Å². The van der Waals surface area contributed by atoms with E-state index in [1.807, 2.05) is 6.92 Å². The third-order valence-corrected chi connectivity index (χ3v) is 4.45. The van der Waals surface area contributed by atoms with Gasteiger partial charge in [-0.3, -0.25) is 14.9 Å². The average molecular weight is 346 g/mol. The number of phenolic OH excluding ortho intramolecular Hbond substituents is 1. The van der Waals surface area contributed by atoms with Crippen molar-refractivity contribution in [2.75, 3.05) is 6.54 Å². The third kappa shape index (κ3) is 4.48. The van der Waals surface area contributed by atoms with E-state index < -0.39 is 4.92 Å². The van der Waals surface area contributed by atoms with Crippen LogP contribution < -0.4 is 5.32 Å². The van der Waals surface area contributed by atoms with E-state index in [1.54, 1.807) is 24.3 Å².